The molecule has 2 rings (SSSR count). The summed E-state index contributed by atoms with van der Waals surface area (Å²) < 4.78 is 0. The third kappa shape index (κ3) is 5.19. The number of nitrogens with zero attached hydrogens (tertiary/aromatic N) is 2. The number of hydrogen-bond acceptors (Lipinski definition) is 3. The highest BCUT2D eigenvalue weighted by molar-refractivity contribution is 5.74. The summed E-state index contributed by atoms with van der Waals surface area (Å²) in [7, 11) is 0. The zero-order valence-corrected chi connectivity index (χ0v) is 12.9. The Kier molecular flexibility index (Phi) is 5.85. The lowest BCUT2D eigenvalue weighted by atomic mass is 10.1. The molecule has 0 spiro atoms. The average Bonchev–Trinajstić information content (AvgIpc) is 2.70. The van der Waals surface area contributed by atoms with Crippen molar-refractivity contribution < 1.29 is 14.7 Å². The molecular weight excluding hydrogens is 270 g/mol. The minimum atomic E-state index is -0.803. The van der Waals surface area contributed by atoms with Gasteiger partial charge in [0, 0.05) is 32.7 Å². The van der Waals surface area contributed by atoms with Crippen LogP contribution in [0.3, 0.4) is 0 Å². The molecule has 2 aliphatic rings. The summed E-state index contributed by atoms with van der Waals surface area (Å²) in [5, 5.41) is 11.9. The van der Waals surface area contributed by atoms with Gasteiger partial charge in [-0.2, -0.15) is 0 Å². The van der Waals surface area contributed by atoms with E-state index in [-0.39, 0.29) is 12.6 Å². The summed E-state index contributed by atoms with van der Waals surface area (Å²) in [5.41, 5.74) is 0. The standard InChI is InChI=1S/C15H27N3O3/c1-12-3-4-13(9-12)10-16-15(21)18-6-2-5-17(7-8-18)11-14(19)20/h12-13H,2-11H2,1H3,(H,16,21)(H,19,20). The van der Waals surface area contributed by atoms with Gasteiger partial charge in [0.1, 0.15) is 0 Å². The summed E-state index contributed by atoms with van der Waals surface area (Å²) >= 11 is 0. The van der Waals surface area contributed by atoms with Crippen LogP contribution in [0.2, 0.25) is 0 Å². The smallest absolute Gasteiger partial charge is 0.317 e. The van der Waals surface area contributed by atoms with Crippen molar-refractivity contribution in [2.75, 3.05) is 39.3 Å². The van der Waals surface area contributed by atoms with Crippen LogP contribution in [0.15, 0.2) is 0 Å². The topological polar surface area (TPSA) is 72.9 Å². The molecule has 1 saturated heterocycles. The normalized spacial score (nSPS) is 27.4. The fraction of sp³-hybridized carbons (Fsp3) is 0.867. The number of nitrogens with one attached hydrogen (secondary N) is 1. The molecule has 6 heteroatoms. The number of carboxylic acids is 1. The van der Waals surface area contributed by atoms with Crippen molar-refractivity contribution in [1.82, 2.24) is 15.1 Å². The van der Waals surface area contributed by atoms with Gasteiger partial charge < -0.3 is 15.3 Å². The predicted octanol–water partition coefficient (Wildman–Crippen LogP) is 1.22. The fourth-order valence-electron chi connectivity index (χ4n) is 3.38. The van der Waals surface area contributed by atoms with Gasteiger partial charge in [-0.3, -0.25) is 9.69 Å². The van der Waals surface area contributed by atoms with Crippen molar-refractivity contribution in [2.24, 2.45) is 11.8 Å². The molecule has 120 valence electrons. The average molecular weight is 297 g/mol. The van der Waals surface area contributed by atoms with E-state index in [1.54, 1.807) is 0 Å². The van der Waals surface area contributed by atoms with Gasteiger partial charge in [-0.25, -0.2) is 4.79 Å². The monoisotopic (exact) mass is 297 g/mol. The van der Waals surface area contributed by atoms with Crippen molar-refractivity contribution in [3.05, 3.63) is 0 Å². The van der Waals surface area contributed by atoms with E-state index in [0.29, 0.717) is 25.6 Å². The number of hydrogen-bond donors (Lipinski definition) is 2. The minimum Gasteiger partial charge on any atom is -0.480 e. The van der Waals surface area contributed by atoms with Crippen LogP contribution in [0, 0.1) is 11.8 Å². The van der Waals surface area contributed by atoms with Crippen molar-refractivity contribution in [3.8, 4) is 0 Å². The zero-order chi connectivity index (χ0) is 15.2. The van der Waals surface area contributed by atoms with Crippen LogP contribution >= 0.6 is 0 Å². The van der Waals surface area contributed by atoms with E-state index in [2.05, 4.69) is 12.2 Å². The molecule has 6 nitrogen and oxygen atoms in total. The third-order valence-electron chi connectivity index (χ3n) is 4.58. The maximum absolute atomic E-state index is 12.2. The fourth-order valence-corrected chi connectivity index (χ4v) is 3.38. The first-order valence-electron chi connectivity index (χ1n) is 8.01. The Hall–Kier alpha value is -1.30. The van der Waals surface area contributed by atoms with E-state index in [4.69, 9.17) is 5.11 Å². The van der Waals surface area contributed by atoms with Gasteiger partial charge in [0.25, 0.3) is 0 Å². The molecule has 1 aliphatic carbocycles. The van der Waals surface area contributed by atoms with Gasteiger partial charge in [-0.1, -0.05) is 13.3 Å². The number of carboxylic acid groups (broad SMARTS) is 1. The highest BCUT2D eigenvalue weighted by Crippen LogP contribution is 2.29. The quantitative estimate of drug-likeness (QED) is 0.818. The molecule has 2 fully saturated rings. The van der Waals surface area contributed by atoms with Crippen LogP contribution in [-0.4, -0.2) is 66.2 Å². The van der Waals surface area contributed by atoms with E-state index in [1.807, 2.05) is 9.80 Å². The maximum Gasteiger partial charge on any atom is 0.317 e. The number of aliphatic carboxylic acids is 1. The maximum atomic E-state index is 12.2. The number of rotatable bonds is 4. The second kappa shape index (κ2) is 7.64. The molecule has 1 aliphatic heterocycles. The Morgan fingerprint density at radius 1 is 1.19 bits per heavy atom. The summed E-state index contributed by atoms with van der Waals surface area (Å²) in [6, 6.07) is 0.00623. The molecule has 21 heavy (non-hydrogen) atoms. The number of urea groups is 1. The van der Waals surface area contributed by atoms with Crippen molar-refractivity contribution in [1.29, 1.82) is 0 Å². The van der Waals surface area contributed by atoms with Crippen LogP contribution in [0.5, 0.6) is 0 Å². The summed E-state index contributed by atoms with van der Waals surface area (Å²) in [5.74, 6) is 0.609. The molecule has 2 atom stereocenters. The second-order valence-electron chi connectivity index (χ2n) is 6.48. The van der Waals surface area contributed by atoms with Crippen LogP contribution in [0.25, 0.3) is 0 Å². The molecule has 0 aromatic carbocycles. The molecule has 0 radical (unpaired) electrons. The van der Waals surface area contributed by atoms with Crippen LogP contribution in [0.1, 0.15) is 32.6 Å². The largest absolute Gasteiger partial charge is 0.480 e. The summed E-state index contributed by atoms with van der Waals surface area (Å²) in [6.45, 7) is 5.82. The Morgan fingerprint density at radius 2 is 2.00 bits per heavy atom. The van der Waals surface area contributed by atoms with Crippen LogP contribution < -0.4 is 5.32 Å². The first kappa shape index (κ1) is 16.1. The molecule has 1 saturated carbocycles. The van der Waals surface area contributed by atoms with Gasteiger partial charge >= 0.3 is 12.0 Å². The number of amides is 2. The van der Waals surface area contributed by atoms with Gasteiger partial charge in [0.05, 0.1) is 6.54 Å². The van der Waals surface area contributed by atoms with Crippen LogP contribution in [0.4, 0.5) is 4.79 Å². The van der Waals surface area contributed by atoms with E-state index in [9.17, 15) is 9.59 Å². The highest BCUT2D eigenvalue weighted by atomic mass is 16.4. The summed E-state index contributed by atoms with van der Waals surface area (Å²) in [6.07, 6.45) is 4.54. The molecular formula is C15H27N3O3. The van der Waals surface area contributed by atoms with E-state index < -0.39 is 5.97 Å². The lowest BCUT2D eigenvalue weighted by Gasteiger charge is -2.22. The highest BCUT2D eigenvalue weighted by Gasteiger charge is 2.24. The second-order valence-corrected chi connectivity index (χ2v) is 6.48. The Labute approximate surface area is 126 Å². The predicted molar refractivity (Wildman–Crippen MR) is 80.2 cm³/mol. The van der Waals surface area contributed by atoms with Crippen molar-refractivity contribution >= 4 is 12.0 Å². The first-order valence-corrected chi connectivity index (χ1v) is 8.01. The van der Waals surface area contributed by atoms with E-state index >= 15 is 0 Å². The van der Waals surface area contributed by atoms with Gasteiger partial charge in [0.2, 0.25) is 0 Å². The van der Waals surface area contributed by atoms with E-state index in [0.717, 1.165) is 25.4 Å². The molecule has 2 N–H and O–H groups in total. The molecule has 2 amide bonds. The van der Waals surface area contributed by atoms with Crippen molar-refractivity contribution in [3.63, 3.8) is 0 Å². The van der Waals surface area contributed by atoms with Gasteiger partial charge in [-0.15, -0.1) is 0 Å². The minimum absolute atomic E-state index is 0.00623. The Bertz CT molecular complexity index is 375. The van der Waals surface area contributed by atoms with Crippen molar-refractivity contribution in [2.45, 2.75) is 32.6 Å². The Balaban J connectivity index is 1.71. The van der Waals surface area contributed by atoms with E-state index in [1.165, 1.54) is 19.3 Å². The van der Waals surface area contributed by atoms with Gasteiger partial charge in [0.15, 0.2) is 0 Å². The molecule has 1 heterocycles. The number of carbonyl (C=O) groups is 2. The zero-order valence-electron chi connectivity index (χ0n) is 12.9. The SMILES string of the molecule is CC1CCC(CNC(=O)N2CCCN(CC(=O)O)CC2)C1. The molecule has 0 aromatic heterocycles. The summed E-state index contributed by atoms with van der Waals surface area (Å²) in [4.78, 5) is 26.7. The lowest BCUT2D eigenvalue weighted by molar-refractivity contribution is -0.138. The Morgan fingerprint density at radius 3 is 2.67 bits per heavy atom. The molecule has 0 bridgehead atoms. The lowest BCUT2D eigenvalue weighted by Crippen LogP contribution is -2.43. The molecule has 2 unspecified atom stereocenters. The first-order chi connectivity index (χ1) is 10.0. The van der Waals surface area contributed by atoms with Crippen LogP contribution in [-0.2, 0) is 4.79 Å². The van der Waals surface area contributed by atoms with Gasteiger partial charge in [-0.05, 0) is 31.1 Å². The number of carbonyl (C=O) groups excluding carboxylic acids is 1. The molecule has 0 aromatic rings. The third-order valence-corrected chi connectivity index (χ3v) is 4.58.